The van der Waals surface area contributed by atoms with Crippen molar-refractivity contribution in [1.29, 1.82) is 0 Å². The fourth-order valence-electron chi connectivity index (χ4n) is 4.63. The quantitative estimate of drug-likeness (QED) is 0.683. The fraction of sp³-hybridized carbons (Fsp3) is 0.522. The Morgan fingerprint density at radius 2 is 1.97 bits per heavy atom. The number of fused-ring (bicyclic) bond motifs is 1. The molecular weight excluding hydrogens is 380 g/mol. The Kier molecular flexibility index (Phi) is 5.08. The second kappa shape index (κ2) is 7.45. The predicted octanol–water partition coefficient (Wildman–Crippen LogP) is 3.66. The Labute approximate surface area is 176 Å². The van der Waals surface area contributed by atoms with E-state index in [9.17, 15) is 14.4 Å². The summed E-state index contributed by atoms with van der Waals surface area (Å²) in [6.07, 6.45) is 4.54. The lowest BCUT2D eigenvalue weighted by Crippen LogP contribution is -2.49. The van der Waals surface area contributed by atoms with E-state index in [1.54, 1.807) is 11.8 Å². The van der Waals surface area contributed by atoms with Gasteiger partial charge in [0.2, 0.25) is 5.91 Å². The van der Waals surface area contributed by atoms with Crippen molar-refractivity contribution >= 4 is 34.4 Å². The summed E-state index contributed by atoms with van der Waals surface area (Å²) in [7, 11) is 0. The van der Waals surface area contributed by atoms with Crippen LogP contribution in [0.3, 0.4) is 0 Å². The lowest BCUT2D eigenvalue weighted by Gasteiger charge is -2.32. The van der Waals surface area contributed by atoms with Crippen LogP contribution in [0.15, 0.2) is 30.5 Å². The van der Waals surface area contributed by atoms with Crippen molar-refractivity contribution in [2.24, 2.45) is 11.8 Å². The Hall–Kier alpha value is -2.83. The minimum absolute atomic E-state index is 0.0653. The highest BCUT2D eigenvalue weighted by Crippen LogP contribution is 2.42. The van der Waals surface area contributed by atoms with Crippen molar-refractivity contribution < 1.29 is 14.4 Å². The van der Waals surface area contributed by atoms with Crippen LogP contribution >= 0.6 is 0 Å². The minimum Gasteiger partial charge on any atom is -0.361 e. The van der Waals surface area contributed by atoms with Gasteiger partial charge >= 0.3 is 6.03 Å². The molecular formula is C23H30N4O3. The van der Waals surface area contributed by atoms with Gasteiger partial charge in [-0.1, -0.05) is 13.8 Å². The summed E-state index contributed by atoms with van der Waals surface area (Å²) in [6.45, 7) is 7.77. The van der Waals surface area contributed by atoms with Gasteiger partial charge in [0.25, 0.3) is 5.91 Å². The molecule has 1 aliphatic carbocycles. The molecule has 2 atom stereocenters. The highest BCUT2D eigenvalue weighted by Gasteiger charge is 2.56. The monoisotopic (exact) mass is 410 g/mol. The zero-order chi connectivity index (χ0) is 21.6. The van der Waals surface area contributed by atoms with Crippen LogP contribution in [0.5, 0.6) is 0 Å². The topological polar surface area (TPSA) is 85.5 Å². The lowest BCUT2D eigenvalue weighted by molar-refractivity contribution is -0.134. The molecule has 2 heterocycles. The molecule has 1 saturated carbocycles. The Morgan fingerprint density at radius 3 is 2.63 bits per heavy atom. The smallest absolute Gasteiger partial charge is 0.325 e. The number of carbonyl (C=O) groups is 3. The predicted molar refractivity (Wildman–Crippen MR) is 116 cm³/mol. The number of imide groups is 1. The van der Waals surface area contributed by atoms with Crippen LogP contribution in [0.2, 0.25) is 0 Å². The lowest BCUT2D eigenvalue weighted by atomic mass is 9.96. The number of anilines is 1. The molecule has 30 heavy (non-hydrogen) atoms. The SMILES string of the molecule is CC(C)CC(C)N(C(=O)CN1C(=O)NC(C)(C2CC2)C1=O)c1ccc2[nH]ccc2c1. The second-order valence-corrected chi connectivity index (χ2v) is 9.29. The molecule has 2 N–H and O–H groups in total. The number of aromatic amines is 1. The highest BCUT2D eigenvalue weighted by atomic mass is 16.2. The number of hydrogen-bond acceptors (Lipinski definition) is 3. The number of amides is 4. The van der Waals surface area contributed by atoms with Crippen LogP contribution in [-0.2, 0) is 9.59 Å². The average Bonchev–Trinajstić information content (AvgIpc) is 3.39. The standard InChI is InChI=1S/C23H30N4O3/c1-14(2)11-15(3)27(18-7-8-19-16(12-18)9-10-24-19)20(28)13-26-21(29)23(4,17-5-6-17)25-22(26)30/h7-10,12,14-15,17,24H,5-6,11,13H2,1-4H3,(H,25,30). The molecule has 2 unspecified atom stereocenters. The zero-order valence-corrected chi connectivity index (χ0v) is 18.1. The number of H-pyrrole nitrogens is 1. The first-order chi connectivity index (χ1) is 14.2. The third-order valence-corrected chi connectivity index (χ3v) is 6.33. The van der Waals surface area contributed by atoms with Gasteiger partial charge in [-0.05, 0) is 69.2 Å². The molecule has 2 aromatic rings. The van der Waals surface area contributed by atoms with E-state index in [0.29, 0.717) is 5.92 Å². The van der Waals surface area contributed by atoms with E-state index >= 15 is 0 Å². The Balaban J connectivity index is 1.60. The summed E-state index contributed by atoms with van der Waals surface area (Å²) < 4.78 is 0. The minimum atomic E-state index is -0.879. The van der Waals surface area contributed by atoms with Crippen molar-refractivity contribution in [1.82, 2.24) is 15.2 Å². The first-order valence-corrected chi connectivity index (χ1v) is 10.7. The van der Waals surface area contributed by atoms with Gasteiger partial charge in [-0.15, -0.1) is 0 Å². The molecule has 1 aliphatic heterocycles. The number of benzene rings is 1. The van der Waals surface area contributed by atoms with E-state index < -0.39 is 11.6 Å². The number of nitrogens with zero attached hydrogens (tertiary/aromatic N) is 2. The first kappa shape index (κ1) is 20.4. The van der Waals surface area contributed by atoms with Crippen LogP contribution in [-0.4, -0.2) is 45.9 Å². The summed E-state index contributed by atoms with van der Waals surface area (Å²) in [5, 5.41) is 3.83. The summed E-state index contributed by atoms with van der Waals surface area (Å²) in [5.41, 5.74) is 0.893. The summed E-state index contributed by atoms with van der Waals surface area (Å²) in [4.78, 5) is 44.9. The molecule has 7 heteroatoms. The summed E-state index contributed by atoms with van der Waals surface area (Å²) >= 11 is 0. The zero-order valence-electron chi connectivity index (χ0n) is 18.1. The molecule has 0 bridgehead atoms. The van der Waals surface area contributed by atoms with Gasteiger partial charge in [0.05, 0.1) is 0 Å². The molecule has 0 spiro atoms. The third-order valence-electron chi connectivity index (χ3n) is 6.33. The van der Waals surface area contributed by atoms with E-state index in [0.717, 1.165) is 40.8 Å². The van der Waals surface area contributed by atoms with Gasteiger partial charge in [0.1, 0.15) is 12.1 Å². The van der Waals surface area contributed by atoms with Crippen molar-refractivity contribution in [3.8, 4) is 0 Å². The van der Waals surface area contributed by atoms with E-state index in [1.807, 2.05) is 37.4 Å². The third kappa shape index (κ3) is 3.57. The summed E-state index contributed by atoms with van der Waals surface area (Å²) in [6, 6.07) is 7.26. The van der Waals surface area contributed by atoms with Gasteiger partial charge < -0.3 is 15.2 Å². The Bertz CT molecular complexity index is 993. The molecule has 1 saturated heterocycles. The van der Waals surface area contributed by atoms with E-state index in [1.165, 1.54) is 0 Å². The van der Waals surface area contributed by atoms with Crippen LogP contribution in [0, 0.1) is 11.8 Å². The maximum Gasteiger partial charge on any atom is 0.325 e. The van der Waals surface area contributed by atoms with Crippen molar-refractivity contribution in [3.63, 3.8) is 0 Å². The van der Waals surface area contributed by atoms with E-state index in [2.05, 4.69) is 24.1 Å². The number of nitrogens with one attached hydrogen (secondary N) is 2. The van der Waals surface area contributed by atoms with Gasteiger partial charge in [-0.25, -0.2) is 4.79 Å². The number of carbonyl (C=O) groups excluding carboxylic acids is 3. The van der Waals surface area contributed by atoms with E-state index in [4.69, 9.17) is 0 Å². The van der Waals surface area contributed by atoms with Gasteiger partial charge in [-0.2, -0.15) is 0 Å². The van der Waals surface area contributed by atoms with Gasteiger partial charge in [0, 0.05) is 28.8 Å². The molecule has 2 fully saturated rings. The molecule has 2 aliphatic rings. The molecule has 1 aromatic heterocycles. The summed E-state index contributed by atoms with van der Waals surface area (Å²) in [5.74, 6) is 0.0321. The second-order valence-electron chi connectivity index (χ2n) is 9.29. The maximum atomic E-state index is 13.4. The van der Waals surface area contributed by atoms with Crippen molar-refractivity contribution in [2.45, 2.75) is 58.5 Å². The van der Waals surface area contributed by atoms with E-state index in [-0.39, 0.29) is 30.3 Å². The van der Waals surface area contributed by atoms with Crippen LogP contribution in [0.25, 0.3) is 10.9 Å². The molecule has 1 aromatic carbocycles. The largest absolute Gasteiger partial charge is 0.361 e. The molecule has 160 valence electrons. The molecule has 4 rings (SSSR count). The Morgan fingerprint density at radius 1 is 1.23 bits per heavy atom. The molecule has 4 amide bonds. The van der Waals surface area contributed by atoms with Crippen LogP contribution in [0.1, 0.15) is 47.0 Å². The highest BCUT2D eigenvalue weighted by molar-refractivity contribution is 6.10. The normalized spacial score (nSPS) is 22.6. The van der Waals surface area contributed by atoms with Crippen molar-refractivity contribution in [3.05, 3.63) is 30.5 Å². The molecule has 0 radical (unpaired) electrons. The number of urea groups is 1. The first-order valence-electron chi connectivity index (χ1n) is 10.7. The number of aromatic nitrogens is 1. The number of rotatable bonds is 7. The molecule has 7 nitrogen and oxygen atoms in total. The van der Waals surface area contributed by atoms with Crippen molar-refractivity contribution in [2.75, 3.05) is 11.4 Å². The van der Waals surface area contributed by atoms with Gasteiger partial charge in [0.15, 0.2) is 0 Å². The van der Waals surface area contributed by atoms with Gasteiger partial charge in [-0.3, -0.25) is 14.5 Å². The number of hydrogen-bond donors (Lipinski definition) is 2. The fourth-order valence-corrected chi connectivity index (χ4v) is 4.63. The maximum absolute atomic E-state index is 13.4. The van der Waals surface area contributed by atoms with Crippen LogP contribution < -0.4 is 10.2 Å². The average molecular weight is 411 g/mol. The van der Waals surface area contributed by atoms with Crippen LogP contribution in [0.4, 0.5) is 10.5 Å².